The molecule has 2 N–H and O–H groups in total. The minimum Gasteiger partial charge on any atom is -0.356 e. The Morgan fingerprint density at radius 2 is 2.08 bits per heavy atom. The van der Waals surface area contributed by atoms with Crippen molar-refractivity contribution in [2.75, 3.05) is 23.3 Å². The monoisotopic (exact) mass is 369 g/mol. The van der Waals surface area contributed by atoms with Crippen molar-refractivity contribution in [3.63, 3.8) is 0 Å². The van der Waals surface area contributed by atoms with Gasteiger partial charge in [-0.2, -0.15) is 5.26 Å². The SMILES string of the molecule is N#Cc1ccc(NC(=O)NCc2cccnc2N2CCCCC2)cc1Cl. The predicted molar refractivity (Wildman–Crippen MR) is 102 cm³/mol. The van der Waals surface area contributed by atoms with E-state index >= 15 is 0 Å². The van der Waals surface area contributed by atoms with Crippen molar-refractivity contribution in [2.24, 2.45) is 0 Å². The molecule has 0 unspecified atom stereocenters. The Labute approximate surface area is 157 Å². The number of halogens is 1. The first-order valence-electron chi connectivity index (χ1n) is 8.61. The number of piperidine rings is 1. The number of nitrogens with one attached hydrogen (secondary N) is 2. The maximum Gasteiger partial charge on any atom is 0.319 e. The van der Waals surface area contributed by atoms with Crippen molar-refractivity contribution >= 4 is 29.1 Å². The van der Waals surface area contributed by atoms with E-state index in [9.17, 15) is 4.79 Å². The molecule has 134 valence electrons. The highest BCUT2D eigenvalue weighted by Crippen LogP contribution is 2.22. The van der Waals surface area contributed by atoms with Gasteiger partial charge in [-0.25, -0.2) is 9.78 Å². The van der Waals surface area contributed by atoms with Crippen LogP contribution in [0.25, 0.3) is 0 Å². The molecule has 1 aliphatic heterocycles. The third kappa shape index (κ3) is 4.44. The van der Waals surface area contributed by atoms with Crippen molar-refractivity contribution in [3.8, 4) is 6.07 Å². The highest BCUT2D eigenvalue weighted by atomic mass is 35.5. The van der Waals surface area contributed by atoms with Crippen molar-refractivity contribution in [1.82, 2.24) is 10.3 Å². The molecule has 6 nitrogen and oxygen atoms in total. The normalized spacial score (nSPS) is 13.8. The topological polar surface area (TPSA) is 81.0 Å². The van der Waals surface area contributed by atoms with Crippen LogP contribution in [0.3, 0.4) is 0 Å². The van der Waals surface area contributed by atoms with E-state index in [2.05, 4.69) is 20.5 Å². The Bertz CT molecular complexity index is 827. The molecule has 1 aromatic carbocycles. The second-order valence-corrected chi connectivity index (χ2v) is 6.56. The quantitative estimate of drug-likeness (QED) is 0.855. The van der Waals surface area contributed by atoms with Gasteiger partial charge in [0.15, 0.2) is 0 Å². The average Bonchev–Trinajstić information content (AvgIpc) is 2.67. The number of carbonyl (C=O) groups is 1. The van der Waals surface area contributed by atoms with E-state index in [0.29, 0.717) is 22.8 Å². The molecule has 1 fully saturated rings. The zero-order chi connectivity index (χ0) is 18.4. The maximum atomic E-state index is 12.2. The number of pyridine rings is 1. The summed E-state index contributed by atoms with van der Waals surface area (Å²) in [6, 6.07) is 10.3. The van der Waals surface area contributed by atoms with E-state index < -0.39 is 0 Å². The minimum atomic E-state index is -0.334. The number of hydrogen-bond acceptors (Lipinski definition) is 4. The van der Waals surface area contributed by atoms with Gasteiger partial charge in [0, 0.05) is 37.1 Å². The largest absolute Gasteiger partial charge is 0.356 e. The molecule has 1 aliphatic rings. The van der Waals surface area contributed by atoms with E-state index in [0.717, 1.165) is 24.5 Å². The molecule has 3 rings (SSSR count). The maximum absolute atomic E-state index is 12.2. The summed E-state index contributed by atoms with van der Waals surface area (Å²) in [4.78, 5) is 19.0. The van der Waals surface area contributed by atoms with Gasteiger partial charge >= 0.3 is 6.03 Å². The van der Waals surface area contributed by atoms with E-state index in [-0.39, 0.29) is 6.03 Å². The molecule has 0 bridgehead atoms. The number of benzene rings is 1. The zero-order valence-electron chi connectivity index (χ0n) is 14.3. The molecule has 0 radical (unpaired) electrons. The van der Waals surface area contributed by atoms with Crippen molar-refractivity contribution in [3.05, 3.63) is 52.7 Å². The van der Waals surface area contributed by atoms with Gasteiger partial charge in [-0.05, 0) is 43.5 Å². The molecule has 2 heterocycles. The predicted octanol–water partition coefficient (Wildman–Crippen LogP) is 3.92. The molecule has 0 spiro atoms. The van der Waals surface area contributed by atoms with Crippen LogP contribution in [0.4, 0.5) is 16.3 Å². The Morgan fingerprint density at radius 1 is 1.27 bits per heavy atom. The standard InChI is InChI=1S/C19H20ClN5O/c20-17-11-16(7-6-14(17)12-21)24-19(26)23-13-15-5-4-8-22-18(15)25-9-2-1-3-10-25/h4-8,11H,1-3,9-10,13H2,(H2,23,24,26). The fourth-order valence-corrected chi connectivity index (χ4v) is 3.22. The van der Waals surface area contributed by atoms with Gasteiger partial charge in [0.1, 0.15) is 11.9 Å². The number of carbonyl (C=O) groups excluding carboxylic acids is 1. The molecular formula is C19H20ClN5O. The first kappa shape index (κ1) is 18.0. The highest BCUT2D eigenvalue weighted by Gasteiger charge is 2.16. The number of nitrogens with zero attached hydrogens (tertiary/aromatic N) is 3. The van der Waals surface area contributed by atoms with Gasteiger partial charge in [-0.15, -0.1) is 0 Å². The number of urea groups is 1. The van der Waals surface area contributed by atoms with Crippen LogP contribution < -0.4 is 15.5 Å². The molecule has 0 aliphatic carbocycles. The van der Waals surface area contributed by atoms with Crippen LogP contribution in [0.15, 0.2) is 36.5 Å². The van der Waals surface area contributed by atoms with Gasteiger partial charge in [0.2, 0.25) is 0 Å². The lowest BCUT2D eigenvalue weighted by Crippen LogP contribution is -2.33. The number of aromatic nitrogens is 1. The first-order valence-corrected chi connectivity index (χ1v) is 8.98. The lowest BCUT2D eigenvalue weighted by Gasteiger charge is -2.29. The Morgan fingerprint density at radius 3 is 2.81 bits per heavy atom. The molecule has 2 amide bonds. The van der Waals surface area contributed by atoms with Crippen LogP contribution in [-0.2, 0) is 6.54 Å². The van der Waals surface area contributed by atoms with E-state index in [1.165, 1.54) is 19.3 Å². The summed E-state index contributed by atoms with van der Waals surface area (Å²) in [7, 11) is 0. The average molecular weight is 370 g/mol. The van der Waals surface area contributed by atoms with Crippen molar-refractivity contribution in [1.29, 1.82) is 5.26 Å². The fourth-order valence-electron chi connectivity index (χ4n) is 2.99. The van der Waals surface area contributed by atoms with Crippen LogP contribution in [-0.4, -0.2) is 24.1 Å². The van der Waals surface area contributed by atoms with Crippen LogP contribution in [0.2, 0.25) is 5.02 Å². The molecule has 1 saturated heterocycles. The zero-order valence-corrected chi connectivity index (χ0v) is 15.1. The molecule has 0 atom stereocenters. The van der Waals surface area contributed by atoms with E-state index in [1.807, 2.05) is 18.2 Å². The van der Waals surface area contributed by atoms with Gasteiger partial charge in [-0.3, -0.25) is 0 Å². The smallest absolute Gasteiger partial charge is 0.319 e. The minimum absolute atomic E-state index is 0.310. The van der Waals surface area contributed by atoms with Gasteiger partial charge < -0.3 is 15.5 Å². The first-order chi connectivity index (χ1) is 12.7. The summed E-state index contributed by atoms with van der Waals surface area (Å²) >= 11 is 5.98. The summed E-state index contributed by atoms with van der Waals surface area (Å²) in [5, 5.41) is 14.8. The summed E-state index contributed by atoms with van der Waals surface area (Å²) in [5.41, 5.74) is 1.90. The third-order valence-electron chi connectivity index (χ3n) is 4.31. The number of rotatable bonds is 4. The number of amides is 2. The van der Waals surface area contributed by atoms with Gasteiger partial charge in [0.05, 0.1) is 10.6 Å². The van der Waals surface area contributed by atoms with E-state index in [1.54, 1.807) is 24.4 Å². The van der Waals surface area contributed by atoms with Crippen LogP contribution >= 0.6 is 11.6 Å². The molecule has 1 aromatic heterocycles. The molecular weight excluding hydrogens is 350 g/mol. The van der Waals surface area contributed by atoms with Crippen LogP contribution in [0.1, 0.15) is 30.4 Å². The molecule has 7 heteroatoms. The Kier molecular flexibility index (Phi) is 5.92. The lowest BCUT2D eigenvalue weighted by molar-refractivity contribution is 0.251. The third-order valence-corrected chi connectivity index (χ3v) is 4.62. The highest BCUT2D eigenvalue weighted by molar-refractivity contribution is 6.32. The molecule has 2 aromatic rings. The van der Waals surface area contributed by atoms with Crippen molar-refractivity contribution < 1.29 is 4.79 Å². The second-order valence-electron chi connectivity index (χ2n) is 6.15. The van der Waals surface area contributed by atoms with Crippen molar-refractivity contribution in [2.45, 2.75) is 25.8 Å². The summed E-state index contributed by atoms with van der Waals surface area (Å²) in [6.07, 6.45) is 5.38. The summed E-state index contributed by atoms with van der Waals surface area (Å²) in [5.74, 6) is 0.939. The van der Waals surface area contributed by atoms with Crippen LogP contribution in [0, 0.1) is 11.3 Å². The molecule has 0 saturated carbocycles. The Balaban J connectivity index is 1.61. The second kappa shape index (κ2) is 8.54. The summed E-state index contributed by atoms with van der Waals surface area (Å²) in [6.45, 7) is 2.38. The van der Waals surface area contributed by atoms with Gasteiger partial charge in [-0.1, -0.05) is 17.7 Å². The number of anilines is 2. The lowest BCUT2D eigenvalue weighted by atomic mass is 10.1. The molecule has 26 heavy (non-hydrogen) atoms. The summed E-state index contributed by atoms with van der Waals surface area (Å²) < 4.78 is 0. The fraction of sp³-hybridized carbons (Fsp3) is 0.316. The number of hydrogen-bond donors (Lipinski definition) is 2. The van der Waals surface area contributed by atoms with Gasteiger partial charge in [0.25, 0.3) is 0 Å². The Hall–Kier alpha value is -2.78. The van der Waals surface area contributed by atoms with E-state index in [4.69, 9.17) is 16.9 Å². The van der Waals surface area contributed by atoms with Crippen LogP contribution in [0.5, 0.6) is 0 Å². The number of nitriles is 1.